The van der Waals surface area contributed by atoms with Crippen LogP contribution in [0.5, 0.6) is 0 Å². The second kappa shape index (κ2) is 11.1. The molecular formula is C17H29N3O3S. The van der Waals surface area contributed by atoms with Crippen molar-refractivity contribution < 1.29 is 14.1 Å². The summed E-state index contributed by atoms with van der Waals surface area (Å²) >= 11 is 1.31. The molecule has 0 bridgehead atoms. The maximum Gasteiger partial charge on any atom is 0.238 e. The summed E-state index contributed by atoms with van der Waals surface area (Å²) in [5.74, 6) is 1.09. The molecule has 1 aromatic rings. The first-order valence-electron chi connectivity index (χ1n) is 8.57. The number of carbonyl (C=O) groups is 2. The van der Waals surface area contributed by atoms with Crippen LogP contribution in [0.2, 0.25) is 0 Å². The van der Waals surface area contributed by atoms with Gasteiger partial charge in [-0.15, -0.1) is 11.8 Å². The van der Waals surface area contributed by atoms with Gasteiger partial charge in [0, 0.05) is 12.1 Å². The Bertz CT molecular complexity index is 519. The Kier molecular flexibility index (Phi) is 9.52. The third-order valence-corrected chi connectivity index (χ3v) is 4.75. The Labute approximate surface area is 148 Å². The molecule has 2 unspecified atom stereocenters. The van der Waals surface area contributed by atoms with E-state index in [0.29, 0.717) is 11.6 Å². The van der Waals surface area contributed by atoms with E-state index >= 15 is 0 Å². The van der Waals surface area contributed by atoms with Crippen LogP contribution in [0.15, 0.2) is 10.6 Å². The molecule has 0 fully saturated rings. The quantitative estimate of drug-likeness (QED) is 0.593. The molecule has 0 saturated carbocycles. The van der Waals surface area contributed by atoms with E-state index in [0.717, 1.165) is 12.8 Å². The molecule has 0 aliphatic carbocycles. The first kappa shape index (κ1) is 20.5. The van der Waals surface area contributed by atoms with E-state index in [1.54, 1.807) is 19.9 Å². The molecule has 0 radical (unpaired) electrons. The van der Waals surface area contributed by atoms with Gasteiger partial charge in [-0.2, -0.15) is 0 Å². The highest BCUT2D eigenvalue weighted by Gasteiger charge is 2.17. The van der Waals surface area contributed by atoms with Crippen molar-refractivity contribution in [3.63, 3.8) is 0 Å². The molecule has 0 aliphatic heterocycles. The van der Waals surface area contributed by atoms with Gasteiger partial charge in [0.1, 0.15) is 5.76 Å². The number of hydrogen-bond acceptors (Lipinski definition) is 5. The highest BCUT2D eigenvalue weighted by atomic mass is 32.2. The van der Waals surface area contributed by atoms with Crippen LogP contribution in [0.1, 0.15) is 58.6 Å². The fraction of sp³-hybridized carbons (Fsp3) is 0.706. The Hall–Kier alpha value is -1.50. The summed E-state index contributed by atoms with van der Waals surface area (Å²) in [5, 5.41) is 9.03. The van der Waals surface area contributed by atoms with Gasteiger partial charge >= 0.3 is 0 Å². The summed E-state index contributed by atoms with van der Waals surface area (Å²) < 4.78 is 4.90. The van der Waals surface area contributed by atoms with E-state index in [4.69, 9.17) is 4.52 Å². The molecule has 6 nitrogen and oxygen atoms in total. The van der Waals surface area contributed by atoms with Crippen molar-refractivity contribution >= 4 is 29.4 Å². The molecule has 24 heavy (non-hydrogen) atoms. The Morgan fingerprint density at radius 3 is 2.67 bits per heavy atom. The van der Waals surface area contributed by atoms with Crippen molar-refractivity contribution in [2.45, 2.75) is 71.1 Å². The lowest BCUT2D eigenvalue weighted by atomic mass is 10.1. The van der Waals surface area contributed by atoms with Crippen molar-refractivity contribution in [1.29, 1.82) is 0 Å². The lowest BCUT2D eigenvalue weighted by molar-refractivity contribution is -0.119. The molecule has 136 valence electrons. The van der Waals surface area contributed by atoms with Gasteiger partial charge < -0.3 is 15.2 Å². The third-order valence-electron chi connectivity index (χ3n) is 3.61. The fourth-order valence-electron chi connectivity index (χ4n) is 2.20. The summed E-state index contributed by atoms with van der Waals surface area (Å²) in [4.78, 5) is 24.0. The highest BCUT2D eigenvalue weighted by molar-refractivity contribution is 8.01. The predicted octanol–water partition coefficient (Wildman–Crippen LogP) is 3.52. The van der Waals surface area contributed by atoms with E-state index in [1.165, 1.54) is 31.0 Å². The number of anilines is 1. The van der Waals surface area contributed by atoms with E-state index in [9.17, 15) is 9.59 Å². The summed E-state index contributed by atoms with van der Waals surface area (Å²) in [6.45, 7) is 7.74. The minimum Gasteiger partial charge on any atom is -0.360 e. The molecule has 7 heteroatoms. The number of hydrogen-bond donors (Lipinski definition) is 2. The summed E-state index contributed by atoms with van der Waals surface area (Å²) in [7, 11) is 0. The minimum atomic E-state index is -0.340. The molecule has 1 aromatic heterocycles. The van der Waals surface area contributed by atoms with E-state index < -0.39 is 0 Å². The topological polar surface area (TPSA) is 84.2 Å². The van der Waals surface area contributed by atoms with Crippen LogP contribution in [-0.2, 0) is 9.59 Å². The number of thioether (sulfide) groups is 1. The standard InChI is InChI=1S/C17H29N3O3S/c1-5-6-7-8-9-12(2)18-16(21)11-24-14(4)17(22)19-15-10-13(3)23-20-15/h10,12,14H,5-9,11H2,1-4H3,(H,18,21)(H,19,20,22). The summed E-state index contributed by atoms with van der Waals surface area (Å²) in [6.07, 6.45) is 5.81. The second-order valence-corrected chi connectivity index (χ2v) is 7.41. The first-order valence-corrected chi connectivity index (χ1v) is 9.62. The van der Waals surface area contributed by atoms with Crippen molar-refractivity contribution in [3.8, 4) is 0 Å². The third kappa shape index (κ3) is 8.38. The number of aromatic nitrogens is 1. The lowest BCUT2D eigenvalue weighted by Crippen LogP contribution is -2.34. The van der Waals surface area contributed by atoms with Crippen LogP contribution in [0.4, 0.5) is 5.82 Å². The largest absolute Gasteiger partial charge is 0.360 e. The van der Waals surface area contributed by atoms with Gasteiger partial charge in [-0.3, -0.25) is 9.59 Å². The number of aryl methyl sites for hydroxylation is 1. The number of nitrogens with zero attached hydrogens (tertiary/aromatic N) is 1. The molecule has 0 spiro atoms. The van der Waals surface area contributed by atoms with Gasteiger partial charge in [-0.1, -0.05) is 37.8 Å². The Balaban J connectivity index is 2.21. The van der Waals surface area contributed by atoms with Crippen LogP contribution in [0.25, 0.3) is 0 Å². The number of nitrogens with one attached hydrogen (secondary N) is 2. The van der Waals surface area contributed by atoms with Crippen LogP contribution in [0, 0.1) is 6.92 Å². The van der Waals surface area contributed by atoms with Crippen LogP contribution < -0.4 is 10.6 Å². The van der Waals surface area contributed by atoms with Crippen molar-refractivity contribution in [3.05, 3.63) is 11.8 Å². The highest BCUT2D eigenvalue weighted by Crippen LogP contribution is 2.14. The number of amides is 2. The average Bonchev–Trinajstić information content (AvgIpc) is 2.94. The molecule has 1 heterocycles. The minimum absolute atomic E-state index is 0.0278. The molecule has 2 amide bonds. The Morgan fingerprint density at radius 2 is 2.04 bits per heavy atom. The maximum atomic E-state index is 12.0. The molecular weight excluding hydrogens is 326 g/mol. The van der Waals surface area contributed by atoms with E-state index in [-0.39, 0.29) is 28.9 Å². The normalized spacial score (nSPS) is 13.3. The summed E-state index contributed by atoms with van der Waals surface area (Å²) in [6, 6.07) is 1.83. The van der Waals surface area contributed by atoms with Crippen molar-refractivity contribution in [1.82, 2.24) is 10.5 Å². The van der Waals surface area contributed by atoms with Crippen LogP contribution in [0.3, 0.4) is 0 Å². The molecule has 2 N–H and O–H groups in total. The van der Waals surface area contributed by atoms with Gasteiger partial charge in [0.25, 0.3) is 0 Å². The van der Waals surface area contributed by atoms with Gasteiger partial charge in [0.2, 0.25) is 11.8 Å². The SMILES string of the molecule is CCCCCCC(C)NC(=O)CSC(C)C(=O)Nc1cc(C)on1. The summed E-state index contributed by atoms with van der Waals surface area (Å²) in [5.41, 5.74) is 0. The maximum absolute atomic E-state index is 12.0. The monoisotopic (exact) mass is 355 g/mol. The van der Waals surface area contributed by atoms with E-state index in [1.807, 2.05) is 6.92 Å². The van der Waals surface area contributed by atoms with Gasteiger partial charge in [0.15, 0.2) is 5.82 Å². The van der Waals surface area contributed by atoms with Crippen molar-refractivity contribution in [2.75, 3.05) is 11.1 Å². The second-order valence-electron chi connectivity index (χ2n) is 6.08. The zero-order valence-corrected chi connectivity index (χ0v) is 15.9. The number of unbranched alkanes of at least 4 members (excludes halogenated alkanes) is 3. The first-order chi connectivity index (χ1) is 11.4. The van der Waals surface area contributed by atoms with Crippen molar-refractivity contribution in [2.24, 2.45) is 0 Å². The Morgan fingerprint density at radius 1 is 1.29 bits per heavy atom. The fourth-order valence-corrected chi connectivity index (χ4v) is 2.89. The van der Waals surface area contributed by atoms with E-state index in [2.05, 4.69) is 22.7 Å². The molecule has 0 saturated heterocycles. The molecule has 0 aliphatic rings. The average molecular weight is 356 g/mol. The zero-order valence-electron chi connectivity index (χ0n) is 15.1. The lowest BCUT2D eigenvalue weighted by Gasteiger charge is -2.15. The number of carbonyl (C=O) groups excluding carboxylic acids is 2. The molecule has 0 aromatic carbocycles. The number of rotatable bonds is 11. The predicted molar refractivity (Wildman–Crippen MR) is 98.2 cm³/mol. The zero-order chi connectivity index (χ0) is 17.9. The van der Waals surface area contributed by atoms with Gasteiger partial charge in [-0.05, 0) is 27.2 Å². The van der Waals surface area contributed by atoms with Gasteiger partial charge in [-0.25, -0.2) is 0 Å². The van der Waals surface area contributed by atoms with Gasteiger partial charge in [0.05, 0.1) is 11.0 Å². The smallest absolute Gasteiger partial charge is 0.238 e. The van der Waals surface area contributed by atoms with Crippen LogP contribution >= 0.6 is 11.8 Å². The van der Waals surface area contributed by atoms with Crippen LogP contribution in [-0.4, -0.2) is 34.0 Å². The molecule has 1 rings (SSSR count). The molecule has 2 atom stereocenters.